The Labute approximate surface area is 72.1 Å². The van der Waals surface area contributed by atoms with Crippen LogP contribution < -0.4 is 34.5 Å². The van der Waals surface area contributed by atoms with Gasteiger partial charge in [0.15, 0.2) is 0 Å². The average molecular weight is 141 g/mol. The first kappa shape index (κ1) is 11.6. The molecule has 0 spiro atoms. The molecule has 2 nitrogen and oxygen atoms in total. The van der Waals surface area contributed by atoms with E-state index in [1.807, 2.05) is 0 Å². The fraction of sp³-hybridized carbons (Fsp3) is 0.500. The van der Waals surface area contributed by atoms with Crippen LogP contribution in [0.2, 0.25) is 0 Å². The number of hydrogen-bond donors (Lipinski definition) is 0. The summed E-state index contributed by atoms with van der Waals surface area (Å²) in [5.74, 6) is 0. The topological polar surface area (TPSA) is 40.1 Å². The second-order valence-corrected chi connectivity index (χ2v) is 2.25. The van der Waals surface area contributed by atoms with E-state index >= 15 is 0 Å². The van der Waals surface area contributed by atoms with Crippen molar-refractivity contribution in [1.82, 2.24) is 0 Å². The predicted octanol–water partition coefficient (Wildman–Crippen LogP) is -2.33. The largest absolute Gasteiger partial charge is 1.00 e. The Balaban J connectivity index is 0. The molecule has 0 aliphatic rings. The minimum absolute atomic E-state index is 0. The van der Waals surface area contributed by atoms with Crippen LogP contribution in [-0.4, -0.2) is 6.16 Å². The third-order valence-corrected chi connectivity index (χ3v) is 1.14. The van der Waals surface area contributed by atoms with Crippen LogP contribution in [-0.2, 0) is 4.57 Å². The van der Waals surface area contributed by atoms with Gasteiger partial charge in [0.1, 0.15) is 6.16 Å². The Morgan fingerprint density at radius 3 is 2.38 bits per heavy atom. The van der Waals surface area contributed by atoms with Gasteiger partial charge in [-0.05, 0) is 0 Å². The molecule has 0 saturated heterocycles. The zero-order valence-corrected chi connectivity index (χ0v) is 7.86. The molecule has 0 aromatic rings. The first-order valence-electron chi connectivity index (χ1n) is 2.00. The molecule has 0 aliphatic heterocycles. The van der Waals surface area contributed by atoms with Crippen molar-refractivity contribution < 1.29 is 39.0 Å². The molecule has 0 heterocycles. The van der Waals surface area contributed by atoms with Gasteiger partial charge in [-0.1, -0.05) is 10.6 Å². The molecule has 0 rings (SSSR count). The van der Waals surface area contributed by atoms with Gasteiger partial charge in [0.25, 0.3) is 0 Å². The van der Waals surface area contributed by atoms with Gasteiger partial charge in [-0.3, -0.25) is 0 Å². The van der Waals surface area contributed by atoms with Crippen molar-refractivity contribution in [2.45, 2.75) is 6.42 Å². The minimum Gasteiger partial charge on any atom is -0.596 e. The second-order valence-electron chi connectivity index (χ2n) is 1.13. The van der Waals surface area contributed by atoms with Gasteiger partial charge >= 0.3 is 37.6 Å². The van der Waals surface area contributed by atoms with Crippen LogP contribution in [0.3, 0.4) is 0 Å². The van der Waals surface area contributed by atoms with Crippen molar-refractivity contribution in [2.75, 3.05) is 6.16 Å². The SMILES string of the molecule is C=CCC[P+](=O)[O-].[Na+]. The van der Waals surface area contributed by atoms with E-state index < -0.39 is 8.03 Å². The summed E-state index contributed by atoms with van der Waals surface area (Å²) in [6.07, 6.45) is 2.39. The van der Waals surface area contributed by atoms with Gasteiger partial charge in [0.05, 0.1) is 0 Å². The molecular weight excluding hydrogens is 134 g/mol. The van der Waals surface area contributed by atoms with Crippen LogP contribution in [0, 0.1) is 0 Å². The number of rotatable bonds is 3. The Kier molecular flexibility index (Phi) is 11.3. The first-order chi connectivity index (χ1) is 3.27. The van der Waals surface area contributed by atoms with Crippen molar-refractivity contribution in [3.63, 3.8) is 0 Å². The van der Waals surface area contributed by atoms with Crippen molar-refractivity contribution in [3.8, 4) is 0 Å². The Morgan fingerprint density at radius 1 is 1.75 bits per heavy atom. The summed E-state index contributed by atoms with van der Waals surface area (Å²) < 4.78 is 9.75. The Bertz CT molecular complexity index is 84.1. The number of allylic oxidation sites excluding steroid dienone is 1. The molecule has 0 fully saturated rings. The van der Waals surface area contributed by atoms with Gasteiger partial charge in [0.2, 0.25) is 0 Å². The maximum atomic E-state index is 9.75. The van der Waals surface area contributed by atoms with Crippen LogP contribution in [0.15, 0.2) is 12.7 Å². The van der Waals surface area contributed by atoms with E-state index in [4.69, 9.17) is 0 Å². The van der Waals surface area contributed by atoms with Gasteiger partial charge in [-0.25, -0.2) is 0 Å². The smallest absolute Gasteiger partial charge is 0.596 e. The summed E-state index contributed by atoms with van der Waals surface area (Å²) in [6.45, 7) is 3.37. The monoisotopic (exact) mass is 141 g/mol. The van der Waals surface area contributed by atoms with Crippen molar-refractivity contribution in [1.29, 1.82) is 0 Å². The summed E-state index contributed by atoms with van der Waals surface area (Å²) in [4.78, 5) is 9.75. The molecule has 0 aliphatic carbocycles. The van der Waals surface area contributed by atoms with Crippen LogP contribution in [0.4, 0.5) is 0 Å². The number of hydrogen-bond acceptors (Lipinski definition) is 2. The van der Waals surface area contributed by atoms with Crippen LogP contribution >= 0.6 is 8.03 Å². The first-order valence-corrected chi connectivity index (χ1v) is 3.36. The molecule has 0 saturated carbocycles. The third-order valence-electron chi connectivity index (χ3n) is 0.516. The summed E-state index contributed by atoms with van der Waals surface area (Å²) in [7, 11) is -2.18. The predicted molar refractivity (Wildman–Crippen MR) is 27.3 cm³/mol. The second kappa shape index (κ2) is 7.80. The Morgan fingerprint density at radius 2 is 2.25 bits per heavy atom. The third kappa shape index (κ3) is 9.93. The van der Waals surface area contributed by atoms with Gasteiger partial charge in [0, 0.05) is 6.42 Å². The van der Waals surface area contributed by atoms with E-state index in [2.05, 4.69) is 6.58 Å². The standard InChI is InChI=1S/C4H7O2P.Na/c1-2-3-4-7(5)6;/h2H,1,3-4H2;/q;+1. The molecule has 0 radical (unpaired) electrons. The van der Waals surface area contributed by atoms with E-state index in [0.29, 0.717) is 6.42 Å². The zero-order chi connectivity index (χ0) is 5.70. The van der Waals surface area contributed by atoms with Crippen LogP contribution in [0.25, 0.3) is 0 Å². The molecule has 1 unspecified atom stereocenters. The fourth-order valence-corrected chi connectivity index (χ4v) is 0.590. The van der Waals surface area contributed by atoms with E-state index in [0.717, 1.165) is 0 Å². The fourth-order valence-electron chi connectivity index (χ4n) is 0.197. The molecule has 0 bridgehead atoms. The van der Waals surface area contributed by atoms with E-state index in [1.165, 1.54) is 0 Å². The maximum Gasteiger partial charge on any atom is 1.00 e. The van der Waals surface area contributed by atoms with E-state index in [9.17, 15) is 9.46 Å². The molecule has 0 aromatic heterocycles. The molecule has 0 N–H and O–H groups in total. The van der Waals surface area contributed by atoms with E-state index in [-0.39, 0.29) is 35.7 Å². The molecular formula is C4H7NaO2P+. The average Bonchev–Trinajstić information content (AvgIpc) is 1.61. The quantitative estimate of drug-likeness (QED) is 0.251. The van der Waals surface area contributed by atoms with Crippen molar-refractivity contribution in [3.05, 3.63) is 12.7 Å². The molecule has 4 heteroatoms. The van der Waals surface area contributed by atoms with Gasteiger partial charge in [-0.15, -0.1) is 6.58 Å². The van der Waals surface area contributed by atoms with E-state index in [1.54, 1.807) is 6.08 Å². The summed E-state index contributed by atoms with van der Waals surface area (Å²) in [5, 5.41) is 0. The van der Waals surface area contributed by atoms with Crippen LogP contribution in [0.5, 0.6) is 0 Å². The summed E-state index contributed by atoms with van der Waals surface area (Å²) in [5.41, 5.74) is 0. The van der Waals surface area contributed by atoms with Crippen molar-refractivity contribution in [2.24, 2.45) is 0 Å². The molecule has 0 aromatic carbocycles. The Hall–Kier alpha value is 0.800. The minimum atomic E-state index is -2.18. The van der Waals surface area contributed by atoms with Crippen molar-refractivity contribution >= 4 is 8.03 Å². The normalized spacial score (nSPS) is 9.38. The van der Waals surface area contributed by atoms with Gasteiger partial charge < -0.3 is 4.89 Å². The maximum absolute atomic E-state index is 9.75. The summed E-state index contributed by atoms with van der Waals surface area (Å²) in [6, 6.07) is 0. The summed E-state index contributed by atoms with van der Waals surface area (Å²) >= 11 is 0. The van der Waals surface area contributed by atoms with Crippen LogP contribution in [0.1, 0.15) is 6.42 Å². The zero-order valence-electron chi connectivity index (χ0n) is 4.96. The molecule has 0 amide bonds. The van der Waals surface area contributed by atoms with Gasteiger partial charge in [-0.2, -0.15) is 0 Å². The molecule has 1 atom stereocenters. The molecule has 40 valence electrons. The molecule has 8 heavy (non-hydrogen) atoms.